The van der Waals surface area contributed by atoms with Gasteiger partial charge < -0.3 is 19.3 Å². The molecule has 1 heterocycles. The van der Waals surface area contributed by atoms with Gasteiger partial charge in [-0.2, -0.15) is 0 Å². The maximum Gasteiger partial charge on any atom is 0.309 e. The Hall–Kier alpha value is -5.37. The van der Waals surface area contributed by atoms with E-state index in [1.807, 2.05) is 37.3 Å². The van der Waals surface area contributed by atoms with Crippen LogP contribution >= 0.6 is 0 Å². The first-order valence-electron chi connectivity index (χ1n) is 13.7. The number of nitrogens with zero attached hydrogens (tertiary/aromatic N) is 1. The van der Waals surface area contributed by atoms with Crippen LogP contribution in [0.15, 0.2) is 103 Å². The summed E-state index contributed by atoms with van der Waals surface area (Å²) in [4.78, 5) is 40.2. The van der Waals surface area contributed by atoms with Gasteiger partial charge in [-0.05, 0) is 71.6 Å². The van der Waals surface area contributed by atoms with E-state index >= 15 is 0 Å². The average Bonchev–Trinajstić information content (AvgIpc) is 3.30. The molecule has 1 N–H and O–H groups in total. The molecule has 4 aromatic rings. The van der Waals surface area contributed by atoms with E-state index in [-0.39, 0.29) is 17.8 Å². The van der Waals surface area contributed by atoms with E-state index in [1.54, 1.807) is 66.7 Å². The van der Waals surface area contributed by atoms with Gasteiger partial charge in [-0.1, -0.05) is 54.6 Å². The van der Waals surface area contributed by atoms with Crippen molar-refractivity contribution in [3.63, 3.8) is 0 Å². The van der Waals surface area contributed by atoms with Crippen molar-refractivity contribution in [1.29, 1.82) is 0 Å². The van der Waals surface area contributed by atoms with Crippen molar-refractivity contribution < 1.29 is 33.7 Å². The molecule has 0 bridgehead atoms. The molecule has 218 valence electrons. The summed E-state index contributed by atoms with van der Waals surface area (Å²) in [5.41, 5.74) is 3.81. The first-order chi connectivity index (χ1) is 20.8. The Bertz CT molecular complexity index is 1690. The summed E-state index contributed by atoms with van der Waals surface area (Å²) in [6, 6.07) is 27.7. The summed E-state index contributed by atoms with van der Waals surface area (Å²) in [5, 5.41) is 11.6. The molecule has 8 heteroatoms. The lowest BCUT2D eigenvalue weighted by Crippen LogP contribution is -2.29. The number of amides is 1. The van der Waals surface area contributed by atoms with Crippen molar-refractivity contribution in [2.24, 2.45) is 0 Å². The van der Waals surface area contributed by atoms with Crippen LogP contribution in [0.25, 0.3) is 5.76 Å². The van der Waals surface area contributed by atoms with E-state index in [2.05, 4.69) is 0 Å². The summed E-state index contributed by atoms with van der Waals surface area (Å²) in [7, 11) is 2.84. The van der Waals surface area contributed by atoms with E-state index in [1.165, 1.54) is 19.1 Å². The molecule has 0 aromatic heterocycles. The molecule has 1 aliphatic rings. The lowest BCUT2D eigenvalue weighted by Gasteiger charge is -2.26. The second-order valence-corrected chi connectivity index (χ2v) is 10.1. The van der Waals surface area contributed by atoms with Crippen molar-refractivity contribution in [2.75, 3.05) is 19.1 Å². The van der Waals surface area contributed by atoms with Gasteiger partial charge in [0.05, 0.1) is 32.3 Å². The van der Waals surface area contributed by atoms with E-state index in [0.717, 1.165) is 11.1 Å². The summed E-state index contributed by atoms with van der Waals surface area (Å²) < 4.78 is 16.1. The molecule has 5 rings (SSSR count). The van der Waals surface area contributed by atoms with Crippen LogP contribution in [0.3, 0.4) is 0 Å². The van der Waals surface area contributed by atoms with Crippen LogP contribution in [0.1, 0.15) is 33.9 Å². The fraction of sp³-hybridized carbons (Fsp3) is 0.171. The van der Waals surface area contributed by atoms with Gasteiger partial charge in [0.1, 0.15) is 23.9 Å². The highest BCUT2D eigenvalue weighted by Gasteiger charge is 2.47. The zero-order chi connectivity index (χ0) is 30.5. The Labute approximate surface area is 249 Å². The van der Waals surface area contributed by atoms with Crippen LogP contribution in [0.4, 0.5) is 5.69 Å². The third-order valence-electron chi connectivity index (χ3n) is 7.33. The predicted octanol–water partition coefficient (Wildman–Crippen LogP) is 5.92. The topological polar surface area (TPSA) is 102 Å². The van der Waals surface area contributed by atoms with E-state index in [0.29, 0.717) is 40.5 Å². The number of aliphatic hydroxyl groups excluding tert-OH is 1. The number of carbonyl (C=O) groups excluding carboxylic acids is 3. The quantitative estimate of drug-likeness (QED) is 0.114. The van der Waals surface area contributed by atoms with E-state index in [9.17, 15) is 19.5 Å². The molecule has 1 atom stereocenters. The predicted molar refractivity (Wildman–Crippen MR) is 162 cm³/mol. The maximum absolute atomic E-state index is 13.6. The molecule has 1 fully saturated rings. The second kappa shape index (κ2) is 12.7. The minimum Gasteiger partial charge on any atom is -0.507 e. The van der Waals surface area contributed by atoms with Gasteiger partial charge in [0.2, 0.25) is 0 Å². The largest absolute Gasteiger partial charge is 0.507 e. The van der Waals surface area contributed by atoms with Crippen molar-refractivity contribution >= 4 is 29.1 Å². The number of methoxy groups -OCH3 is 2. The normalized spacial score (nSPS) is 15.8. The Kier molecular flexibility index (Phi) is 8.57. The molecule has 8 nitrogen and oxygen atoms in total. The molecular weight excluding hydrogens is 546 g/mol. The first-order valence-corrected chi connectivity index (χ1v) is 13.7. The van der Waals surface area contributed by atoms with Crippen molar-refractivity contribution in [3.05, 3.63) is 130 Å². The Morgan fingerprint density at radius 1 is 0.860 bits per heavy atom. The van der Waals surface area contributed by atoms with Gasteiger partial charge >= 0.3 is 5.97 Å². The molecule has 0 radical (unpaired) electrons. The van der Waals surface area contributed by atoms with Crippen LogP contribution < -0.4 is 14.4 Å². The van der Waals surface area contributed by atoms with Gasteiger partial charge in [0, 0.05) is 11.3 Å². The minimum absolute atomic E-state index is 0.0470. The summed E-state index contributed by atoms with van der Waals surface area (Å²) in [5.74, 6) is -1.12. The number of benzene rings is 4. The molecule has 0 saturated carbocycles. The van der Waals surface area contributed by atoms with Gasteiger partial charge in [-0.25, -0.2) is 0 Å². The molecule has 43 heavy (non-hydrogen) atoms. The zero-order valence-electron chi connectivity index (χ0n) is 24.1. The maximum atomic E-state index is 13.6. The summed E-state index contributed by atoms with van der Waals surface area (Å²) in [6.07, 6.45) is 0.0688. The molecule has 1 saturated heterocycles. The van der Waals surface area contributed by atoms with Gasteiger partial charge in [-0.3, -0.25) is 19.3 Å². The number of Topliss-reactive ketones (excluding diaryl/α,β-unsaturated/α-hetero) is 1. The standard InChI is InChI=1S/C35H31NO7/c1-22-18-26(14-17-29(22)43-21-24-8-5-4-6-9-24)33(38)31-32(25-10-7-11-28(20-25)41-2)36(35(40)34(31)39)27-15-12-23(13-16-27)19-30(37)42-3/h4-18,20,32,38H,19,21H2,1-3H3/b33-31-. The number of ether oxygens (including phenoxy) is 3. The molecule has 0 aliphatic carbocycles. The van der Waals surface area contributed by atoms with Gasteiger partial charge in [-0.15, -0.1) is 0 Å². The van der Waals surface area contributed by atoms with Gasteiger partial charge in [0.25, 0.3) is 11.7 Å². The number of rotatable bonds is 9. The number of carbonyl (C=O) groups is 3. The van der Waals surface area contributed by atoms with Crippen molar-refractivity contribution in [2.45, 2.75) is 26.0 Å². The molecule has 1 amide bonds. The second-order valence-electron chi connectivity index (χ2n) is 10.1. The Morgan fingerprint density at radius 3 is 2.28 bits per heavy atom. The van der Waals surface area contributed by atoms with Crippen LogP contribution in [0.5, 0.6) is 11.5 Å². The fourth-order valence-electron chi connectivity index (χ4n) is 5.09. The lowest BCUT2D eigenvalue weighted by atomic mass is 9.94. The number of aryl methyl sites for hydroxylation is 1. The smallest absolute Gasteiger partial charge is 0.309 e. The highest BCUT2D eigenvalue weighted by Crippen LogP contribution is 2.43. The number of esters is 1. The van der Waals surface area contributed by atoms with Crippen molar-refractivity contribution in [3.8, 4) is 11.5 Å². The van der Waals surface area contributed by atoms with Crippen LogP contribution in [0.2, 0.25) is 0 Å². The highest BCUT2D eigenvalue weighted by molar-refractivity contribution is 6.51. The number of hydrogen-bond acceptors (Lipinski definition) is 7. The fourth-order valence-corrected chi connectivity index (χ4v) is 5.09. The number of hydrogen-bond donors (Lipinski definition) is 1. The third kappa shape index (κ3) is 6.13. The Morgan fingerprint density at radius 2 is 1.60 bits per heavy atom. The Balaban J connectivity index is 1.54. The lowest BCUT2D eigenvalue weighted by molar-refractivity contribution is -0.139. The average molecular weight is 578 g/mol. The molecule has 1 aliphatic heterocycles. The molecule has 0 spiro atoms. The molecule has 1 unspecified atom stereocenters. The molecule has 4 aromatic carbocycles. The highest BCUT2D eigenvalue weighted by atomic mass is 16.5. The van der Waals surface area contributed by atoms with E-state index in [4.69, 9.17) is 14.2 Å². The minimum atomic E-state index is -0.934. The third-order valence-corrected chi connectivity index (χ3v) is 7.33. The van der Waals surface area contributed by atoms with Gasteiger partial charge in [0.15, 0.2) is 0 Å². The number of aliphatic hydroxyl groups is 1. The van der Waals surface area contributed by atoms with Crippen LogP contribution in [0, 0.1) is 6.92 Å². The summed E-state index contributed by atoms with van der Waals surface area (Å²) in [6.45, 7) is 2.23. The zero-order valence-corrected chi connectivity index (χ0v) is 24.1. The van der Waals surface area contributed by atoms with Crippen LogP contribution in [-0.4, -0.2) is 37.0 Å². The number of anilines is 1. The first kappa shape index (κ1) is 29.1. The van der Waals surface area contributed by atoms with Crippen molar-refractivity contribution in [1.82, 2.24) is 0 Å². The monoisotopic (exact) mass is 577 g/mol. The SMILES string of the molecule is COC(=O)Cc1ccc(N2C(=O)C(=O)/C(=C(\O)c3ccc(OCc4ccccc4)c(C)c3)C2c2cccc(OC)c2)cc1. The summed E-state index contributed by atoms with van der Waals surface area (Å²) >= 11 is 0. The van der Waals surface area contributed by atoms with E-state index < -0.39 is 23.7 Å². The van der Waals surface area contributed by atoms with Crippen LogP contribution in [-0.2, 0) is 32.1 Å². The number of ketones is 1. The molecular formula is C35H31NO7.